The molecule has 25 heavy (non-hydrogen) atoms. The first-order valence-electron chi connectivity index (χ1n) is 9.18. The van der Waals surface area contributed by atoms with E-state index >= 15 is 0 Å². The highest BCUT2D eigenvalue weighted by Gasteiger charge is 2.34. The van der Waals surface area contributed by atoms with Crippen LogP contribution in [-0.2, 0) is 21.9 Å². The molecule has 1 aromatic heterocycles. The number of sulfonamides is 1. The van der Waals surface area contributed by atoms with E-state index in [1.165, 1.54) is 6.42 Å². The Morgan fingerprint density at radius 2 is 1.92 bits per heavy atom. The fourth-order valence-electron chi connectivity index (χ4n) is 3.99. The van der Waals surface area contributed by atoms with Gasteiger partial charge in [-0.15, -0.1) is 0 Å². The average Bonchev–Trinajstić information content (AvgIpc) is 2.88. The third kappa shape index (κ3) is 4.41. The van der Waals surface area contributed by atoms with E-state index in [-0.39, 0.29) is 17.6 Å². The smallest absolute Gasteiger partial charge is 0.246 e. The number of nitrogens with one attached hydrogen (secondary N) is 1. The summed E-state index contributed by atoms with van der Waals surface area (Å²) in [5.74, 6) is 0.905. The monoisotopic (exact) mass is 368 g/mol. The molecule has 0 spiro atoms. The van der Waals surface area contributed by atoms with Crippen molar-refractivity contribution in [3.8, 4) is 0 Å². The summed E-state index contributed by atoms with van der Waals surface area (Å²) < 4.78 is 29.4. The first kappa shape index (κ1) is 18.4. The number of piperidine rings is 1. The van der Waals surface area contributed by atoms with E-state index < -0.39 is 16.1 Å². The second-order valence-electron chi connectivity index (χ2n) is 7.36. The normalized spacial score (nSPS) is 23.2. The van der Waals surface area contributed by atoms with Crippen molar-refractivity contribution < 1.29 is 13.2 Å². The van der Waals surface area contributed by atoms with Crippen molar-refractivity contribution >= 4 is 21.7 Å². The number of aryl methyl sites for hydroxylation is 2. The lowest BCUT2D eigenvalue weighted by molar-refractivity contribution is -0.121. The molecule has 3 rings (SSSR count). The van der Waals surface area contributed by atoms with Crippen molar-refractivity contribution in [3.05, 3.63) is 11.8 Å². The number of aromatic nitrogens is 2. The molecule has 2 fully saturated rings. The van der Waals surface area contributed by atoms with Crippen molar-refractivity contribution in [2.24, 2.45) is 13.0 Å². The highest BCUT2D eigenvalue weighted by Crippen LogP contribution is 2.26. The molecule has 1 aromatic rings. The lowest BCUT2D eigenvalue weighted by Gasteiger charge is -2.32. The van der Waals surface area contributed by atoms with Crippen molar-refractivity contribution in [1.29, 1.82) is 0 Å². The van der Waals surface area contributed by atoms with Crippen molar-refractivity contribution in [2.45, 2.75) is 57.9 Å². The molecule has 1 aliphatic heterocycles. The van der Waals surface area contributed by atoms with Crippen LogP contribution in [0.3, 0.4) is 0 Å². The van der Waals surface area contributed by atoms with Gasteiger partial charge in [-0.3, -0.25) is 14.4 Å². The first-order chi connectivity index (χ1) is 11.9. The summed E-state index contributed by atoms with van der Waals surface area (Å²) in [6, 6.07) is 1.19. The van der Waals surface area contributed by atoms with Gasteiger partial charge < -0.3 is 0 Å². The van der Waals surface area contributed by atoms with Gasteiger partial charge in [0.2, 0.25) is 15.9 Å². The van der Waals surface area contributed by atoms with Crippen LogP contribution in [0.2, 0.25) is 0 Å². The zero-order valence-corrected chi connectivity index (χ0v) is 15.9. The van der Waals surface area contributed by atoms with Crippen LogP contribution in [-0.4, -0.2) is 42.4 Å². The molecule has 140 valence electrons. The van der Waals surface area contributed by atoms with Gasteiger partial charge in [-0.1, -0.05) is 19.3 Å². The van der Waals surface area contributed by atoms with E-state index in [0.29, 0.717) is 13.0 Å². The van der Waals surface area contributed by atoms with E-state index in [2.05, 4.69) is 9.82 Å². The van der Waals surface area contributed by atoms with Gasteiger partial charge in [0.1, 0.15) is 11.9 Å². The van der Waals surface area contributed by atoms with Gasteiger partial charge in [0, 0.05) is 19.7 Å². The summed E-state index contributed by atoms with van der Waals surface area (Å²) in [5.41, 5.74) is 0.838. The number of amides is 1. The van der Waals surface area contributed by atoms with Crippen molar-refractivity contribution in [1.82, 2.24) is 14.5 Å². The molecule has 7 nitrogen and oxygen atoms in total. The maximum atomic E-state index is 12.8. The number of carbonyl (C=O) groups is 1. The highest BCUT2D eigenvalue weighted by molar-refractivity contribution is 7.89. The van der Waals surface area contributed by atoms with Gasteiger partial charge in [-0.25, -0.2) is 13.1 Å². The number of hydrogen-bond acceptors (Lipinski definition) is 4. The van der Waals surface area contributed by atoms with Gasteiger partial charge in [0.15, 0.2) is 0 Å². The molecule has 0 bridgehead atoms. The summed E-state index contributed by atoms with van der Waals surface area (Å²) >= 11 is 0. The Balaban J connectivity index is 1.67. The number of carbonyl (C=O) groups excluding carboxylic acids is 1. The minimum absolute atomic E-state index is 0.140. The predicted octanol–water partition coefficient (Wildman–Crippen LogP) is 1.72. The quantitative estimate of drug-likeness (QED) is 0.858. The average molecular weight is 369 g/mol. The van der Waals surface area contributed by atoms with Crippen LogP contribution < -0.4 is 9.62 Å². The van der Waals surface area contributed by atoms with Gasteiger partial charge in [0.25, 0.3) is 0 Å². The minimum atomic E-state index is -3.44. The van der Waals surface area contributed by atoms with Crippen LogP contribution in [0, 0.1) is 12.8 Å². The zero-order valence-electron chi connectivity index (χ0n) is 15.1. The molecular formula is C17H28N4O3S. The van der Waals surface area contributed by atoms with E-state index in [1.807, 2.05) is 13.0 Å². The fourth-order valence-corrected chi connectivity index (χ4v) is 5.69. The molecule has 1 atom stereocenters. The fraction of sp³-hybridized carbons (Fsp3) is 0.765. The maximum Gasteiger partial charge on any atom is 0.246 e. The maximum absolute atomic E-state index is 12.8. The summed E-state index contributed by atoms with van der Waals surface area (Å²) in [6.07, 6.45) is 6.68. The van der Waals surface area contributed by atoms with Gasteiger partial charge >= 0.3 is 0 Å². The predicted molar refractivity (Wildman–Crippen MR) is 96.8 cm³/mol. The van der Waals surface area contributed by atoms with Crippen LogP contribution in [0.4, 0.5) is 5.82 Å². The SMILES string of the molecule is Cc1cc(N2CCC[C@@H](NS(=O)(=O)CC3CCCCC3)C2=O)n(C)n1. The van der Waals surface area contributed by atoms with Crippen LogP contribution >= 0.6 is 0 Å². The molecule has 1 aliphatic carbocycles. The second-order valence-corrected chi connectivity index (χ2v) is 9.15. The molecule has 1 amide bonds. The van der Waals surface area contributed by atoms with Gasteiger partial charge in [-0.2, -0.15) is 5.10 Å². The van der Waals surface area contributed by atoms with E-state index in [0.717, 1.165) is 43.6 Å². The van der Waals surface area contributed by atoms with E-state index in [1.54, 1.807) is 16.6 Å². The molecule has 0 unspecified atom stereocenters. The van der Waals surface area contributed by atoms with Crippen LogP contribution in [0.15, 0.2) is 6.07 Å². The van der Waals surface area contributed by atoms with Crippen LogP contribution in [0.25, 0.3) is 0 Å². The largest absolute Gasteiger partial charge is 0.296 e. The standard InChI is InChI=1S/C17H28N4O3S/c1-13-11-16(20(2)18-13)21-10-6-9-15(17(21)22)19-25(23,24)12-14-7-4-3-5-8-14/h11,14-15,19H,3-10,12H2,1-2H3/t15-/m1/s1. The number of nitrogens with zero attached hydrogens (tertiary/aromatic N) is 3. The molecular weight excluding hydrogens is 340 g/mol. The van der Waals surface area contributed by atoms with Gasteiger partial charge in [0.05, 0.1) is 11.4 Å². The number of rotatable bonds is 5. The number of hydrogen-bond donors (Lipinski definition) is 1. The van der Waals surface area contributed by atoms with Gasteiger partial charge in [-0.05, 0) is 38.5 Å². The lowest BCUT2D eigenvalue weighted by Crippen LogP contribution is -2.53. The second kappa shape index (κ2) is 7.45. The van der Waals surface area contributed by atoms with E-state index in [9.17, 15) is 13.2 Å². The summed E-state index contributed by atoms with van der Waals surface area (Å²) in [6.45, 7) is 2.47. The molecule has 8 heteroatoms. The van der Waals surface area contributed by atoms with Crippen LogP contribution in [0.1, 0.15) is 50.6 Å². The summed E-state index contributed by atoms with van der Waals surface area (Å²) in [7, 11) is -1.65. The van der Waals surface area contributed by atoms with E-state index in [4.69, 9.17) is 0 Å². The highest BCUT2D eigenvalue weighted by atomic mass is 32.2. The third-order valence-electron chi connectivity index (χ3n) is 5.19. The molecule has 0 radical (unpaired) electrons. The molecule has 2 aliphatic rings. The van der Waals surface area contributed by atoms with Crippen LogP contribution in [0.5, 0.6) is 0 Å². The Kier molecular flexibility index (Phi) is 5.48. The molecule has 1 saturated carbocycles. The Morgan fingerprint density at radius 3 is 2.56 bits per heavy atom. The molecule has 1 N–H and O–H groups in total. The first-order valence-corrected chi connectivity index (χ1v) is 10.8. The molecule has 2 heterocycles. The zero-order chi connectivity index (χ0) is 18.0. The third-order valence-corrected chi connectivity index (χ3v) is 6.75. The summed E-state index contributed by atoms with van der Waals surface area (Å²) in [4.78, 5) is 14.5. The Hall–Kier alpha value is -1.41. The Morgan fingerprint density at radius 1 is 1.20 bits per heavy atom. The van der Waals surface area contributed by atoms with Crippen molar-refractivity contribution in [3.63, 3.8) is 0 Å². The summed E-state index contributed by atoms with van der Waals surface area (Å²) in [5, 5.41) is 4.28. The Bertz CT molecular complexity index is 722. The topological polar surface area (TPSA) is 84.3 Å². The number of anilines is 1. The molecule has 1 saturated heterocycles. The van der Waals surface area contributed by atoms with Crippen molar-refractivity contribution in [2.75, 3.05) is 17.2 Å². The Labute approximate surface area is 149 Å². The minimum Gasteiger partial charge on any atom is -0.296 e. The lowest BCUT2D eigenvalue weighted by atomic mass is 9.91. The molecule has 0 aromatic carbocycles.